The molecule has 6 nitrogen and oxygen atoms in total. The predicted molar refractivity (Wildman–Crippen MR) is 123 cm³/mol. The number of hydrogen-bond donors (Lipinski definition) is 0. The molecule has 6 heteroatoms. The van der Waals surface area contributed by atoms with Gasteiger partial charge in [0.1, 0.15) is 0 Å². The molecular weight excluding hydrogens is 406 g/mol. The molecular formula is C26H41NO5. The van der Waals surface area contributed by atoms with Crippen molar-refractivity contribution in [1.29, 1.82) is 0 Å². The lowest BCUT2D eigenvalue weighted by atomic mass is 9.84. The number of amides is 1. The van der Waals surface area contributed by atoms with Crippen LogP contribution in [0.1, 0.15) is 85.0 Å². The molecule has 2 unspecified atom stereocenters. The van der Waals surface area contributed by atoms with E-state index in [1.165, 1.54) is 7.11 Å². The van der Waals surface area contributed by atoms with Crippen LogP contribution in [0, 0.1) is 17.8 Å². The van der Waals surface area contributed by atoms with E-state index in [0.717, 1.165) is 51.4 Å². The van der Waals surface area contributed by atoms with Gasteiger partial charge in [-0.15, -0.1) is 0 Å². The Bertz CT molecular complexity index is 715. The predicted octanol–water partition coefficient (Wildman–Crippen LogP) is 4.46. The molecule has 0 aromatic heterocycles. The molecule has 2 fully saturated rings. The van der Waals surface area contributed by atoms with Crippen LogP contribution < -0.4 is 0 Å². The zero-order chi connectivity index (χ0) is 23.3. The van der Waals surface area contributed by atoms with E-state index < -0.39 is 12.0 Å². The smallest absolute Gasteiger partial charge is 0.309 e. The number of fused-ring (bicyclic) bond motifs is 3. The molecule has 180 valence electrons. The number of Topliss-reactive ketones (excluding diaryl/α,β-unsaturated/α-hetero) is 1. The van der Waals surface area contributed by atoms with E-state index in [2.05, 4.69) is 12.2 Å². The van der Waals surface area contributed by atoms with Crippen molar-refractivity contribution in [2.45, 2.75) is 103 Å². The Labute approximate surface area is 193 Å². The van der Waals surface area contributed by atoms with Gasteiger partial charge in [0.15, 0.2) is 5.78 Å². The number of carbonyl (C=O) groups is 3. The second-order valence-electron chi connectivity index (χ2n) is 10.6. The number of rotatable bonds is 1. The number of ether oxygens (including phenoxy) is 2. The van der Waals surface area contributed by atoms with Crippen LogP contribution in [0.2, 0.25) is 0 Å². The molecule has 32 heavy (non-hydrogen) atoms. The highest BCUT2D eigenvalue weighted by molar-refractivity contribution is 5.93. The molecule has 3 rings (SSSR count). The number of allylic oxidation sites excluding steroid dienone is 2. The molecule has 0 aliphatic carbocycles. The first-order valence-electron chi connectivity index (χ1n) is 12.5. The zero-order valence-corrected chi connectivity index (χ0v) is 20.3. The molecule has 2 saturated heterocycles. The first kappa shape index (κ1) is 24.9. The molecule has 1 amide bonds. The van der Waals surface area contributed by atoms with Crippen LogP contribution in [0.15, 0.2) is 12.2 Å². The minimum absolute atomic E-state index is 0.00164. The summed E-state index contributed by atoms with van der Waals surface area (Å²) >= 11 is 0. The van der Waals surface area contributed by atoms with E-state index in [-0.39, 0.29) is 47.6 Å². The average Bonchev–Trinajstić information content (AvgIpc) is 3.23. The normalized spacial score (nSPS) is 34.6. The largest absolute Gasteiger partial charge is 0.469 e. The van der Waals surface area contributed by atoms with Crippen molar-refractivity contribution < 1.29 is 23.9 Å². The van der Waals surface area contributed by atoms with Gasteiger partial charge in [0.05, 0.1) is 30.8 Å². The van der Waals surface area contributed by atoms with Crippen LogP contribution >= 0.6 is 0 Å². The SMILES string of the molecule is COC(=O)[C@@H]1CCCCC=CCCCC[C@H](C)C(=O)N2CC3OC(C)(C)C[C@@H]3C2C(=O)C1. The van der Waals surface area contributed by atoms with Crippen molar-refractivity contribution in [2.75, 3.05) is 13.7 Å². The summed E-state index contributed by atoms with van der Waals surface area (Å²) in [7, 11) is 1.38. The number of esters is 1. The first-order valence-corrected chi connectivity index (χ1v) is 12.5. The van der Waals surface area contributed by atoms with E-state index in [0.29, 0.717) is 13.0 Å². The van der Waals surface area contributed by atoms with Crippen LogP contribution in [-0.4, -0.2) is 54.0 Å². The Hall–Kier alpha value is -1.69. The standard InChI is InChI=1S/C26H41NO5/c1-18-13-11-9-7-5-6-8-10-12-14-19(25(30)31-4)15-21(28)23-20-16-26(2,3)32-22(20)17-27(23)24(18)29/h5-6,18-20,22-23H,7-17H2,1-4H3/t18-,19+,20-,22?,23?/m0/s1. The molecule has 3 aliphatic rings. The average molecular weight is 448 g/mol. The number of ketones is 1. The molecule has 0 bridgehead atoms. The van der Waals surface area contributed by atoms with Gasteiger partial charge in [-0.1, -0.05) is 31.9 Å². The molecule has 3 aliphatic heterocycles. The van der Waals surface area contributed by atoms with Crippen molar-refractivity contribution in [3.05, 3.63) is 12.2 Å². The summed E-state index contributed by atoms with van der Waals surface area (Å²) in [4.78, 5) is 41.2. The summed E-state index contributed by atoms with van der Waals surface area (Å²) in [5.41, 5.74) is -0.293. The van der Waals surface area contributed by atoms with Crippen molar-refractivity contribution in [1.82, 2.24) is 4.90 Å². The summed E-state index contributed by atoms with van der Waals surface area (Å²) < 4.78 is 11.2. The summed E-state index contributed by atoms with van der Waals surface area (Å²) in [6, 6.07) is -0.499. The van der Waals surface area contributed by atoms with Crippen molar-refractivity contribution >= 4 is 17.7 Å². The maximum atomic E-state index is 13.6. The van der Waals surface area contributed by atoms with Gasteiger partial charge >= 0.3 is 5.97 Å². The lowest BCUT2D eigenvalue weighted by Crippen LogP contribution is -2.47. The number of nitrogens with zero attached hydrogens (tertiary/aromatic N) is 1. The summed E-state index contributed by atoms with van der Waals surface area (Å²) in [5.74, 6) is -0.856. The monoisotopic (exact) mass is 447 g/mol. The maximum absolute atomic E-state index is 13.6. The van der Waals surface area contributed by atoms with E-state index >= 15 is 0 Å². The van der Waals surface area contributed by atoms with Crippen molar-refractivity contribution in [2.24, 2.45) is 17.8 Å². The molecule has 0 spiro atoms. The van der Waals surface area contributed by atoms with Gasteiger partial charge in [-0.05, 0) is 58.8 Å². The van der Waals surface area contributed by atoms with Gasteiger partial charge in [0.25, 0.3) is 0 Å². The Morgan fingerprint density at radius 2 is 1.75 bits per heavy atom. The maximum Gasteiger partial charge on any atom is 0.309 e. The Kier molecular flexibility index (Phi) is 8.54. The Morgan fingerprint density at radius 3 is 2.41 bits per heavy atom. The van der Waals surface area contributed by atoms with Gasteiger partial charge in [0, 0.05) is 24.8 Å². The molecule has 5 atom stereocenters. The summed E-state index contributed by atoms with van der Waals surface area (Å²) in [5, 5.41) is 0. The van der Waals surface area contributed by atoms with Gasteiger partial charge in [-0.25, -0.2) is 0 Å². The highest BCUT2D eigenvalue weighted by Crippen LogP contribution is 2.44. The van der Waals surface area contributed by atoms with Crippen molar-refractivity contribution in [3.8, 4) is 0 Å². The van der Waals surface area contributed by atoms with E-state index in [1.807, 2.05) is 20.8 Å². The zero-order valence-electron chi connectivity index (χ0n) is 20.3. The van der Waals surface area contributed by atoms with Crippen LogP contribution in [0.5, 0.6) is 0 Å². The third-order valence-corrected chi connectivity index (χ3v) is 7.41. The third-order valence-electron chi connectivity index (χ3n) is 7.41. The molecule has 0 N–H and O–H groups in total. The number of methoxy groups -OCH3 is 1. The van der Waals surface area contributed by atoms with Crippen LogP contribution in [0.3, 0.4) is 0 Å². The highest BCUT2D eigenvalue weighted by Gasteiger charge is 2.55. The van der Waals surface area contributed by atoms with E-state index in [1.54, 1.807) is 4.90 Å². The minimum atomic E-state index is -0.499. The Morgan fingerprint density at radius 1 is 1.09 bits per heavy atom. The minimum Gasteiger partial charge on any atom is -0.469 e. The highest BCUT2D eigenvalue weighted by atomic mass is 16.5. The first-order chi connectivity index (χ1) is 15.2. The lowest BCUT2D eigenvalue weighted by molar-refractivity contribution is -0.149. The van der Waals surface area contributed by atoms with Crippen molar-refractivity contribution in [3.63, 3.8) is 0 Å². The molecule has 0 aromatic rings. The van der Waals surface area contributed by atoms with E-state index in [9.17, 15) is 14.4 Å². The quantitative estimate of drug-likeness (QED) is 0.438. The molecule has 0 radical (unpaired) electrons. The topological polar surface area (TPSA) is 72.9 Å². The van der Waals surface area contributed by atoms with Crippen LogP contribution in [0.25, 0.3) is 0 Å². The fourth-order valence-corrected chi connectivity index (χ4v) is 5.75. The molecule has 0 saturated carbocycles. The lowest BCUT2D eigenvalue weighted by Gasteiger charge is -2.31. The number of carbonyl (C=O) groups excluding carboxylic acids is 3. The molecule has 0 aromatic carbocycles. The second kappa shape index (κ2) is 11.0. The van der Waals surface area contributed by atoms with Crippen LogP contribution in [0.4, 0.5) is 0 Å². The summed E-state index contributed by atoms with van der Waals surface area (Å²) in [6.07, 6.45) is 12.7. The molecule has 3 heterocycles. The third kappa shape index (κ3) is 6.00. The summed E-state index contributed by atoms with van der Waals surface area (Å²) in [6.45, 7) is 6.55. The van der Waals surface area contributed by atoms with Gasteiger partial charge in [0.2, 0.25) is 5.91 Å². The van der Waals surface area contributed by atoms with E-state index in [4.69, 9.17) is 9.47 Å². The fourth-order valence-electron chi connectivity index (χ4n) is 5.75. The van der Waals surface area contributed by atoms with Gasteiger partial charge in [-0.3, -0.25) is 14.4 Å². The second-order valence-corrected chi connectivity index (χ2v) is 10.6. The fraction of sp³-hybridized carbons (Fsp3) is 0.808. The van der Waals surface area contributed by atoms with Gasteiger partial charge < -0.3 is 14.4 Å². The number of hydrogen-bond acceptors (Lipinski definition) is 5. The van der Waals surface area contributed by atoms with Crippen LogP contribution in [-0.2, 0) is 23.9 Å². The van der Waals surface area contributed by atoms with Gasteiger partial charge in [-0.2, -0.15) is 0 Å². The Balaban J connectivity index is 1.83.